The molecule has 2 aromatic carbocycles. The lowest BCUT2D eigenvalue weighted by Crippen LogP contribution is -2.21. The number of aromatic nitrogens is 2. The van der Waals surface area contributed by atoms with Gasteiger partial charge in [-0.25, -0.2) is 4.99 Å². The first-order chi connectivity index (χ1) is 12.5. The van der Waals surface area contributed by atoms with Gasteiger partial charge >= 0.3 is 0 Å². The van der Waals surface area contributed by atoms with Crippen LogP contribution in [0.4, 0.5) is 11.4 Å². The van der Waals surface area contributed by atoms with E-state index in [0.29, 0.717) is 28.5 Å². The molecule has 0 saturated heterocycles. The fourth-order valence-electron chi connectivity index (χ4n) is 2.34. The number of hydrogen-bond acceptors (Lipinski definition) is 4. The molecule has 3 rings (SSSR count). The van der Waals surface area contributed by atoms with Crippen molar-refractivity contribution >= 4 is 23.2 Å². The van der Waals surface area contributed by atoms with E-state index in [0.717, 1.165) is 5.56 Å². The number of carbonyl (C=O) groups excluding carboxylic acids is 1. The van der Waals surface area contributed by atoms with Gasteiger partial charge in [0.2, 0.25) is 0 Å². The summed E-state index contributed by atoms with van der Waals surface area (Å²) in [6.07, 6.45) is 0. The van der Waals surface area contributed by atoms with Crippen LogP contribution in [0.5, 0.6) is 5.75 Å². The minimum absolute atomic E-state index is 0.00554. The number of nitrogens with two attached hydrogens (primary N) is 2. The van der Waals surface area contributed by atoms with Crippen LogP contribution in [0.15, 0.2) is 59.6 Å². The van der Waals surface area contributed by atoms with E-state index in [4.69, 9.17) is 16.2 Å². The van der Waals surface area contributed by atoms with Crippen LogP contribution in [-0.4, -0.2) is 29.2 Å². The van der Waals surface area contributed by atoms with Crippen LogP contribution in [0.3, 0.4) is 0 Å². The van der Waals surface area contributed by atoms with E-state index in [1.165, 1.54) is 0 Å². The van der Waals surface area contributed by atoms with Gasteiger partial charge in [0.05, 0.1) is 18.5 Å². The molecule has 0 aliphatic carbocycles. The topological polar surface area (TPSA) is 131 Å². The van der Waals surface area contributed by atoms with Crippen LogP contribution in [0.2, 0.25) is 0 Å². The molecule has 3 aromatic rings. The Hall–Kier alpha value is -3.81. The number of aromatic amines is 1. The molecule has 0 unspecified atom stereocenters. The van der Waals surface area contributed by atoms with Crippen molar-refractivity contribution in [2.24, 2.45) is 16.5 Å². The Bertz CT molecular complexity index is 942. The van der Waals surface area contributed by atoms with Crippen molar-refractivity contribution in [2.75, 3.05) is 12.4 Å². The van der Waals surface area contributed by atoms with E-state index < -0.39 is 0 Å². The van der Waals surface area contributed by atoms with Crippen LogP contribution in [-0.2, 0) is 0 Å². The molecule has 132 valence electrons. The lowest BCUT2D eigenvalue weighted by molar-refractivity contribution is 0.102. The van der Waals surface area contributed by atoms with Gasteiger partial charge in [0.25, 0.3) is 5.91 Å². The van der Waals surface area contributed by atoms with Crippen molar-refractivity contribution in [3.8, 4) is 17.0 Å². The van der Waals surface area contributed by atoms with Gasteiger partial charge in [0, 0.05) is 17.3 Å². The molecule has 0 aliphatic rings. The summed E-state index contributed by atoms with van der Waals surface area (Å²) >= 11 is 0. The molecule has 8 nitrogen and oxygen atoms in total. The third-order valence-corrected chi connectivity index (χ3v) is 3.57. The van der Waals surface area contributed by atoms with Gasteiger partial charge < -0.3 is 21.5 Å². The van der Waals surface area contributed by atoms with Gasteiger partial charge in [0.1, 0.15) is 11.4 Å². The maximum Gasteiger partial charge on any atom is 0.273 e. The Morgan fingerprint density at radius 1 is 1.15 bits per heavy atom. The highest BCUT2D eigenvalue weighted by Gasteiger charge is 2.12. The fraction of sp³-hybridized carbons (Fsp3) is 0.0556. The molecule has 0 radical (unpaired) electrons. The summed E-state index contributed by atoms with van der Waals surface area (Å²) in [5, 5.41) is 9.71. The Morgan fingerprint density at radius 2 is 1.92 bits per heavy atom. The van der Waals surface area contributed by atoms with E-state index in [2.05, 4.69) is 20.5 Å². The second-order valence-electron chi connectivity index (χ2n) is 5.44. The summed E-state index contributed by atoms with van der Waals surface area (Å²) in [5.41, 5.74) is 13.8. The molecule has 0 spiro atoms. The van der Waals surface area contributed by atoms with E-state index in [9.17, 15) is 4.79 Å². The van der Waals surface area contributed by atoms with Crippen LogP contribution < -0.4 is 21.5 Å². The van der Waals surface area contributed by atoms with Gasteiger partial charge in [-0.3, -0.25) is 9.89 Å². The zero-order chi connectivity index (χ0) is 18.5. The van der Waals surface area contributed by atoms with Gasteiger partial charge in [-0.15, -0.1) is 0 Å². The normalized spacial score (nSPS) is 10.2. The molecule has 0 bridgehead atoms. The van der Waals surface area contributed by atoms with Crippen molar-refractivity contribution in [1.82, 2.24) is 10.2 Å². The summed E-state index contributed by atoms with van der Waals surface area (Å²) in [4.78, 5) is 16.3. The largest absolute Gasteiger partial charge is 0.497 e. The second-order valence-corrected chi connectivity index (χ2v) is 5.44. The number of carbonyl (C=O) groups is 1. The zero-order valence-electron chi connectivity index (χ0n) is 14.1. The predicted molar refractivity (Wildman–Crippen MR) is 100 cm³/mol. The Labute approximate surface area is 149 Å². The highest BCUT2D eigenvalue weighted by Crippen LogP contribution is 2.22. The molecular weight excluding hydrogens is 332 g/mol. The number of hydrogen-bond donors (Lipinski definition) is 4. The van der Waals surface area contributed by atoms with Gasteiger partial charge in [-0.2, -0.15) is 5.10 Å². The molecule has 1 amide bonds. The molecular formula is C18H18N6O2. The maximum atomic E-state index is 12.4. The first-order valence-corrected chi connectivity index (χ1v) is 7.76. The quantitative estimate of drug-likeness (QED) is 0.414. The van der Waals surface area contributed by atoms with E-state index >= 15 is 0 Å². The third kappa shape index (κ3) is 3.99. The molecule has 6 N–H and O–H groups in total. The van der Waals surface area contributed by atoms with Crippen LogP contribution in [0.1, 0.15) is 10.5 Å². The van der Waals surface area contributed by atoms with Crippen LogP contribution in [0.25, 0.3) is 11.3 Å². The number of aliphatic imine (C=N–C) groups is 1. The van der Waals surface area contributed by atoms with Gasteiger partial charge in [0.15, 0.2) is 5.96 Å². The van der Waals surface area contributed by atoms with Crippen LogP contribution in [0, 0.1) is 0 Å². The maximum absolute atomic E-state index is 12.4. The third-order valence-electron chi connectivity index (χ3n) is 3.57. The molecule has 0 saturated carbocycles. The summed E-state index contributed by atoms with van der Waals surface area (Å²) in [7, 11) is 1.57. The Kier molecular flexibility index (Phi) is 4.84. The number of rotatable bonds is 5. The Balaban J connectivity index is 1.74. The summed E-state index contributed by atoms with van der Waals surface area (Å²) in [5.74, 6) is 0.358. The summed E-state index contributed by atoms with van der Waals surface area (Å²) < 4.78 is 5.14. The number of ether oxygens (including phenoxy) is 1. The Morgan fingerprint density at radius 3 is 2.62 bits per heavy atom. The summed E-state index contributed by atoms with van der Waals surface area (Å²) in [6.45, 7) is 0. The fourth-order valence-corrected chi connectivity index (χ4v) is 2.34. The number of H-pyrrole nitrogens is 1. The average Bonchev–Trinajstić information content (AvgIpc) is 3.12. The lowest BCUT2D eigenvalue weighted by atomic mass is 10.1. The first-order valence-electron chi connectivity index (χ1n) is 7.76. The van der Waals surface area contributed by atoms with Crippen molar-refractivity contribution in [3.63, 3.8) is 0 Å². The van der Waals surface area contributed by atoms with E-state index in [-0.39, 0.29) is 11.9 Å². The molecule has 26 heavy (non-hydrogen) atoms. The highest BCUT2D eigenvalue weighted by atomic mass is 16.5. The molecule has 1 aromatic heterocycles. The van der Waals surface area contributed by atoms with Crippen LogP contribution >= 0.6 is 0 Å². The highest BCUT2D eigenvalue weighted by molar-refractivity contribution is 6.03. The van der Waals surface area contributed by atoms with Crippen molar-refractivity contribution in [3.05, 3.63) is 60.3 Å². The summed E-state index contributed by atoms with van der Waals surface area (Å²) in [6, 6.07) is 16.0. The van der Waals surface area contributed by atoms with Crippen molar-refractivity contribution in [2.45, 2.75) is 0 Å². The number of nitrogens with zero attached hydrogens (tertiary/aromatic N) is 2. The first kappa shape index (κ1) is 17.0. The molecule has 0 fully saturated rings. The molecule has 0 atom stereocenters. The van der Waals surface area contributed by atoms with E-state index in [1.807, 2.05) is 12.1 Å². The van der Waals surface area contributed by atoms with Gasteiger partial charge in [-0.05, 0) is 30.3 Å². The number of anilines is 1. The number of nitrogens with one attached hydrogen (secondary N) is 2. The molecule has 0 aliphatic heterocycles. The minimum Gasteiger partial charge on any atom is -0.497 e. The predicted octanol–water partition coefficient (Wildman–Crippen LogP) is 2.24. The number of amides is 1. The SMILES string of the molecule is COc1cccc(NC(=O)c2cc(-c3ccc(N=C(N)N)cc3)n[nH]2)c1. The lowest BCUT2D eigenvalue weighted by Gasteiger charge is -2.05. The molecule has 1 heterocycles. The minimum atomic E-state index is -0.297. The number of benzene rings is 2. The number of methoxy groups -OCH3 is 1. The van der Waals surface area contributed by atoms with Crippen molar-refractivity contribution < 1.29 is 9.53 Å². The second kappa shape index (κ2) is 7.39. The zero-order valence-corrected chi connectivity index (χ0v) is 14.1. The average molecular weight is 350 g/mol. The monoisotopic (exact) mass is 350 g/mol. The van der Waals surface area contributed by atoms with E-state index in [1.54, 1.807) is 49.6 Å². The standard InChI is InChI=1S/C18H18N6O2/c1-26-14-4-2-3-13(9-14)21-17(25)16-10-15(23-24-16)11-5-7-12(8-6-11)22-18(19)20/h2-10H,1H3,(H,21,25)(H,23,24)(H4,19,20,22). The van der Waals surface area contributed by atoms with Gasteiger partial charge in [-0.1, -0.05) is 18.2 Å². The van der Waals surface area contributed by atoms with Crippen molar-refractivity contribution in [1.29, 1.82) is 0 Å². The number of guanidine groups is 1. The smallest absolute Gasteiger partial charge is 0.273 e. The molecule has 8 heteroatoms.